The van der Waals surface area contributed by atoms with Crippen LogP contribution in [0.15, 0.2) is 42.5 Å². The normalized spacial score (nSPS) is 13.5. The molecular formula is C17H17FN2O3. The lowest BCUT2D eigenvalue weighted by molar-refractivity contribution is -0.121. The van der Waals surface area contributed by atoms with Crippen LogP contribution in [-0.2, 0) is 11.3 Å². The lowest BCUT2D eigenvalue weighted by Crippen LogP contribution is -2.37. The van der Waals surface area contributed by atoms with Gasteiger partial charge in [0.05, 0.1) is 0 Å². The number of fused-ring (bicyclic) bond motifs is 1. The standard InChI is InChI=1S/C17H17FN2O3/c1-11(20-14-5-3-13(18)4-6-14)17(21)19-9-12-2-7-15-16(8-12)23-10-22-15/h2-8,11,20H,9-10H2,1H3,(H,19,21)/t11-/m0/s1. The average molecular weight is 316 g/mol. The van der Waals surface area contributed by atoms with E-state index in [0.29, 0.717) is 23.7 Å². The minimum Gasteiger partial charge on any atom is -0.454 e. The molecule has 1 aliphatic heterocycles. The zero-order valence-electron chi connectivity index (χ0n) is 12.6. The third kappa shape index (κ3) is 3.71. The molecule has 120 valence electrons. The second-order valence-corrected chi connectivity index (χ2v) is 5.28. The van der Waals surface area contributed by atoms with Crippen LogP contribution in [0.4, 0.5) is 10.1 Å². The molecule has 6 heteroatoms. The highest BCUT2D eigenvalue weighted by Crippen LogP contribution is 2.32. The number of carbonyl (C=O) groups is 1. The van der Waals surface area contributed by atoms with Gasteiger partial charge in [0.2, 0.25) is 12.7 Å². The quantitative estimate of drug-likeness (QED) is 0.890. The van der Waals surface area contributed by atoms with Crippen LogP contribution < -0.4 is 20.1 Å². The number of nitrogens with one attached hydrogen (secondary N) is 2. The molecule has 0 saturated carbocycles. The lowest BCUT2D eigenvalue weighted by atomic mass is 10.2. The predicted molar refractivity (Wildman–Crippen MR) is 83.9 cm³/mol. The van der Waals surface area contributed by atoms with Crippen LogP contribution >= 0.6 is 0 Å². The predicted octanol–water partition coefficient (Wildman–Crippen LogP) is 2.67. The number of amides is 1. The second kappa shape index (κ2) is 6.56. The minimum atomic E-state index is -0.436. The molecule has 0 bridgehead atoms. The largest absolute Gasteiger partial charge is 0.454 e. The summed E-state index contributed by atoms with van der Waals surface area (Å²) in [6.07, 6.45) is 0. The second-order valence-electron chi connectivity index (χ2n) is 5.28. The molecule has 0 aromatic heterocycles. The van der Waals surface area contributed by atoms with Crippen LogP contribution in [0.25, 0.3) is 0 Å². The fraction of sp³-hybridized carbons (Fsp3) is 0.235. The summed E-state index contributed by atoms with van der Waals surface area (Å²) >= 11 is 0. The van der Waals surface area contributed by atoms with Gasteiger partial charge < -0.3 is 20.1 Å². The van der Waals surface area contributed by atoms with Gasteiger partial charge in [-0.3, -0.25) is 4.79 Å². The van der Waals surface area contributed by atoms with Gasteiger partial charge in [0.1, 0.15) is 11.9 Å². The van der Waals surface area contributed by atoms with E-state index in [2.05, 4.69) is 10.6 Å². The zero-order valence-corrected chi connectivity index (χ0v) is 12.6. The van der Waals surface area contributed by atoms with E-state index in [-0.39, 0.29) is 18.5 Å². The van der Waals surface area contributed by atoms with Crippen LogP contribution in [0.2, 0.25) is 0 Å². The van der Waals surface area contributed by atoms with Crippen molar-refractivity contribution in [3.63, 3.8) is 0 Å². The maximum atomic E-state index is 12.9. The Labute approximate surface area is 133 Å². The van der Waals surface area contributed by atoms with Gasteiger partial charge in [-0.2, -0.15) is 0 Å². The van der Waals surface area contributed by atoms with Gasteiger partial charge in [0.15, 0.2) is 11.5 Å². The third-order valence-corrected chi connectivity index (χ3v) is 3.52. The number of rotatable bonds is 5. The van der Waals surface area contributed by atoms with Gasteiger partial charge >= 0.3 is 0 Å². The Morgan fingerprint density at radius 3 is 2.70 bits per heavy atom. The Hall–Kier alpha value is -2.76. The molecule has 0 fully saturated rings. The topological polar surface area (TPSA) is 59.6 Å². The zero-order chi connectivity index (χ0) is 16.2. The molecule has 5 nitrogen and oxygen atoms in total. The summed E-state index contributed by atoms with van der Waals surface area (Å²) in [6, 6.07) is 11.0. The number of hydrogen-bond acceptors (Lipinski definition) is 4. The minimum absolute atomic E-state index is 0.146. The van der Waals surface area contributed by atoms with E-state index in [4.69, 9.17) is 9.47 Å². The third-order valence-electron chi connectivity index (χ3n) is 3.52. The molecule has 1 amide bonds. The van der Waals surface area contributed by atoms with Crippen LogP contribution in [0.5, 0.6) is 11.5 Å². The van der Waals surface area contributed by atoms with Crippen molar-refractivity contribution in [3.05, 3.63) is 53.8 Å². The summed E-state index contributed by atoms with van der Waals surface area (Å²) in [5.74, 6) is 0.947. The van der Waals surface area contributed by atoms with Crippen molar-refractivity contribution >= 4 is 11.6 Å². The summed E-state index contributed by atoms with van der Waals surface area (Å²) in [6.45, 7) is 2.37. The Balaban J connectivity index is 1.53. The number of carbonyl (C=O) groups excluding carboxylic acids is 1. The number of ether oxygens (including phenoxy) is 2. The van der Waals surface area contributed by atoms with Gasteiger partial charge in [0.25, 0.3) is 0 Å². The molecule has 0 radical (unpaired) electrons. The van der Waals surface area contributed by atoms with E-state index in [0.717, 1.165) is 5.56 Å². The van der Waals surface area contributed by atoms with E-state index in [9.17, 15) is 9.18 Å². The summed E-state index contributed by atoms with van der Waals surface area (Å²) < 4.78 is 23.4. The highest BCUT2D eigenvalue weighted by atomic mass is 19.1. The first-order valence-corrected chi connectivity index (χ1v) is 7.30. The van der Waals surface area contributed by atoms with Gasteiger partial charge in [-0.25, -0.2) is 4.39 Å². The lowest BCUT2D eigenvalue weighted by Gasteiger charge is -2.15. The Morgan fingerprint density at radius 1 is 1.17 bits per heavy atom. The van der Waals surface area contributed by atoms with E-state index >= 15 is 0 Å². The number of anilines is 1. The maximum Gasteiger partial charge on any atom is 0.242 e. The molecular weight excluding hydrogens is 299 g/mol. The summed E-state index contributed by atoms with van der Waals surface area (Å²) in [5, 5.41) is 5.87. The van der Waals surface area contributed by atoms with Crippen molar-refractivity contribution in [2.45, 2.75) is 19.5 Å². The Bertz CT molecular complexity index is 703. The molecule has 0 spiro atoms. The van der Waals surface area contributed by atoms with Gasteiger partial charge in [-0.15, -0.1) is 0 Å². The smallest absolute Gasteiger partial charge is 0.242 e. The molecule has 2 aromatic rings. The van der Waals surface area contributed by atoms with Crippen molar-refractivity contribution in [3.8, 4) is 11.5 Å². The number of halogens is 1. The van der Waals surface area contributed by atoms with E-state index in [1.54, 1.807) is 19.1 Å². The van der Waals surface area contributed by atoms with Crippen LogP contribution in [0.3, 0.4) is 0 Å². The molecule has 1 heterocycles. The fourth-order valence-corrected chi connectivity index (χ4v) is 2.25. The number of benzene rings is 2. The highest BCUT2D eigenvalue weighted by molar-refractivity contribution is 5.84. The van der Waals surface area contributed by atoms with Crippen LogP contribution in [0, 0.1) is 5.82 Å². The summed E-state index contributed by atoms with van der Waals surface area (Å²) in [7, 11) is 0. The van der Waals surface area contributed by atoms with E-state index in [1.165, 1.54) is 12.1 Å². The number of hydrogen-bond donors (Lipinski definition) is 2. The van der Waals surface area contributed by atoms with Gasteiger partial charge in [-0.1, -0.05) is 6.07 Å². The first kappa shape index (κ1) is 15.1. The van der Waals surface area contributed by atoms with Crippen LogP contribution in [0.1, 0.15) is 12.5 Å². The molecule has 0 aliphatic carbocycles. The SMILES string of the molecule is C[C@H](Nc1ccc(F)cc1)C(=O)NCc1ccc2c(c1)OCO2. The summed E-state index contributed by atoms with van der Waals surface area (Å²) in [4.78, 5) is 12.1. The molecule has 0 saturated heterocycles. The monoisotopic (exact) mass is 316 g/mol. The first-order chi connectivity index (χ1) is 11.1. The molecule has 2 aromatic carbocycles. The van der Waals surface area contributed by atoms with Crippen molar-refractivity contribution < 1.29 is 18.7 Å². The molecule has 2 N–H and O–H groups in total. The van der Waals surface area contributed by atoms with E-state index in [1.807, 2.05) is 18.2 Å². The molecule has 23 heavy (non-hydrogen) atoms. The highest BCUT2D eigenvalue weighted by Gasteiger charge is 2.15. The van der Waals surface area contributed by atoms with Gasteiger partial charge in [0, 0.05) is 12.2 Å². The molecule has 0 unspecified atom stereocenters. The Kier molecular flexibility index (Phi) is 4.32. The maximum absolute atomic E-state index is 12.9. The van der Waals surface area contributed by atoms with Crippen molar-refractivity contribution in [1.82, 2.24) is 5.32 Å². The fourth-order valence-electron chi connectivity index (χ4n) is 2.25. The van der Waals surface area contributed by atoms with Gasteiger partial charge in [-0.05, 0) is 48.9 Å². The molecule has 1 atom stereocenters. The summed E-state index contributed by atoms with van der Waals surface area (Å²) in [5.41, 5.74) is 1.62. The Morgan fingerprint density at radius 2 is 1.91 bits per heavy atom. The van der Waals surface area contributed by atoms with Crippen molar-refractivity contribution in [2.75, 3.05) is 12.1 Å². The first-order valence-electron chi connectivity index (χ1n) is 7.30. The van der Waals surface area contributed by atoms with Crippen LogP contribution in [-0.4, -0.2) is 18.7 Å². The van der Waals surface area contributed by atoms with Crippen molar-refractivity contribution in [1.29, 1.82) is 0 Å². The van der Waals surface area contributed by atoms with E-state index < -0.39 is 6.04 Å². The van der Waals surface area contributed by atoms with Crippen molar-refractivity contribution in [2.24, 2.45) is 0 Å². The molecule has 3 rings (SSSR count). The average Bonchev–Trinajstić information content (AvgIpc) is 3.02. The molecule has 1 aliphatic rings.